The number of piperidine rings is 1. The first-order valence-electron chi connectivity index (χ1n) is 7.78. The molecule has 2 heterocycles. The van der Waals surface area contributed by atoms with Gasteiger partial charge in [-0.2, -0.15) is 0 Å². The predicted molar refractivity (Wildman–Crippen MR) is 78.1 cm³/mol. The minimum absolute atomic E-state index is 0.0307. The van der Waals surface area contributed by atoms with E-state index in [1.54, 1.807) is 0 Å². The van der Waals surface area contributed by atoms with Crippen LogP contribution in [0.15, 0.2) is 0 Å². The molecular formula is C15H29N3O. The molecule has 19 heavy (non-hydrogen) atoms. The van der Waals surface area contributed by atoms with Gasteiger partial charge in [0.05, 0.1) is 6.04 Å². The zero-order chi connectivity index (χ0) is 14.0. The number of nitrogens with one attached hydrogen (secondary N) is 1. The predicted octanol–water partition coefficient (Wildman–Crippen LogP) is 1.46. The number of hydrogen-bond acceptors (Lipinski definition) is 3. The van der Waals surface area contributed by atoms with Gasteiger partial charge in [-0.25, -0.2) is 0 Å². The summed E-state index contributed by atoms with van der Waals surface area (Å²) in [7, 11) is 1.99. The Bertz CT molecular complexity index is 311. The number of hydrogen-bond donors (Lipinski definition) is 1. The van der Waals surface area contributed by atoms with E-state index in [-0.39, 0.29) is 6.04 Å². The molecule has 4 atom stereocenters. The first-order valence-corrected chi connectivity index (χ1v) is 7.78. The summed E-state index contributed by atoms with van der Waals surface area (Å²) in [5.74, 6) is 0.320. The Labute approximate surface area is 117 Å². The van der Waals surface area contributed by atoms with Gasteiger partial charge in [0, 0.05) is 31.2 Å². The Hall–Kier alpha value is -0.610. The maximum Gasteiger partial charge on any atom is 0.239 e. The van der Waals surface area contributed by atoms with E-state index in [9.17, 15) is 4.79 Å². The van der Waals surface area contributed by atoms with Gasteiger partial charge in [-0.15, -0.1) is 0 Å². The Morgan fingerprint density at radius 3 is 2.42 bits per heavy atom. The van der Waals surface area contributed by atoms with Crippen molar-refractivity contribution in [1.29, 1.82) is 0 Å². The van der Waals surface area contributed by atoms with Crippen molar-refractivity contribution in [3.63, 3.8) is 0 Å². The standard InChI is InChI=1S/C15H29N3O/c1-11-7-8-12(2)18(11)13(3)15(19)17-9-5-6-14(10-17)16-4/h11-14,16H,5-10H2,1-4H3. The number of rotatable bonds is 3. The average Bonchev–Trinajstić information content (AvgIpc) is 2.76. The SMILES string of the molecule is CNC1CCCN(C(=O)C(C)N2C(C)CCC2C)C1. The van der Waals surface area contributed by atoms with Crippen molar-refractivity contribution in [3.05, 3.63) is 0 Å². The smallest absolute Gasteiger partial charge is 0.239 e. The molecule has 4 heteroatoms. The van der Waals surface area contributed by atoms with E-state index >= 15 is 0 Å². The van der Waals surface area contributed by atoms with Crippen LogP contribution < -0.4 is 5.32 Å². The van der Waals surface area contributed by atoms with Gasteiger partial charge in [-0.3, -0.25) is 9.69 Å². The second-order valence-electron chi connectivity index (χ2n) is 6.31. The Balaban J connectivity index is 1.98. The maximum atomic E-state index is 12.7. The number of carbonyl (C=O) groups is 1. The lowest BCUT2D eigenvalue weighted by Crippen LogP contribution is -2.54. The van der Waals surface area contributed by atoms with E-state index in [0.717, 1.165) is 19.5 Å². The van der Waals surface area contributed by atoms with Gasteiger partial charge in [0.1, 0.15) is 0 Å². The Morgan fingerprint density at radius 2 is 1.84 bits per heavy atom. The van der Waals surface area contributed by atoms with Crippen LogP contribution in [-0.4, -0.2) is 60.0 Å². The second kappa shape index (κ2) is 6.23. The van der Waals surface area contributed by atoms with E-state index in [0.29, 0.717) is 24.0 Å². The summed E-state index contributed by atoms with van der Waals surface area (Å²) >= 11 is 0. The van der Waals surface area contributed by atoms with Gasteiger partial charge in [-0.05, 0) is 53.5 Å². The van der Waals surface area contributed by atoms with Crippen LogP contribution >= 0.6 is 0 Å². The largest absolute Gasteiger partial charge is 0.340 e. The summed E-state index contributed by atoms with van der Waals surface area (Å²) in [6.45, 7) is 8.39. The number of likely N-dealkylation sites (tertiary alicyclic amines) is 2. The molecule has 1 N–H and O–H groups in total. The Kier molecular flexibility index (Phi) is 4.85. The summed E-state index contributed by atoms with van der Waals surface area (Å²) in [6.07, 6.45) is 4.75. The van der Waals surface area contributed by atoms with Gasteiger partial charge in [0.25, 0.3) is 0 Å². The van der Waals surface area contributed by atoms with Gasteiger partial charge in [0.15, 0.2) is 0 Å². The molecule has 0 spiro atoms. The van der Waals surface area contributed by atoms with E-state index < -0.39 is 0 Å². The first kappa shape index (κ1) is 14.8. The van der Waals surface area contributed by atoms with Gasteiger partial charge in [-0.1, -0.05) is 0 Å². The molecule has 0 aromatic carbocycles. The van der Waals surface area contributed by atoms with Crippen LogP contribution in [0.5, 0.6) is 0 Å². The van der Waals surface area contributed by atoms with Gasteiger partial charge < -0.3 is 10.2 Å². The van der Waals surface area contributed by atoms with Crippen LogP contribution in [0.4, 0.5) is 0 Å². The highest BCUT2D eigenvalue weighted by Crippen LogP contribution is 2.27. The quantitative estimate of drug-likeness (QED) is 0.841. The fourth-order valence-electron chi connectivity index (χ4n) is 3.78. The molecule has 0 radical (unpaired) electrons. The number of amides is 1. The lowest BCUT2D eigenvalue weighted by Gasteiger charge is -2.38. The molecule has 2 rings (SSSR count). The zero-order valence-corrected chi connectivity index (χ0v) is 12.9. The van der Waals surface area contributed by atoms with Crippen molar-refractivity contribution >= 4 is 5.91 Å². The second-order valence-corrected chi connectivity index (χ2v) is 6.31. The molecule has 0 aromatic rings. The molecule has 2 aliphatic heterocycles. The molecule has 4 nitrogen and oxygen atoms in total. The van der Waals surface area contributed by atoms with Crippen molar-refractivity contribution in [2.24, 2.45) is 0 Å². The van der Waals surface area contributed by atoms with Crippen LogP contribution in [-0.2, 0) is 4.79 Å². The third-order valence-corrected chi connectivity index (χ3v) is 4.97. The summed E-state index contributed by atoms with van der Waals surface area (Å²) < 4.78 is 0. The minimum atomic E-state index is 0.0307. The van der Waals surface area contributed by atoms with Crippen molar-refractivity contribution < 1.29 is 4.79 Å². The number of nitrogens with zero attached hydrogens (tertiary/aromatic N) is 2. The highest BCUT2D eigenvalue weighted by atomic mass is 16.2. The van der Waals surface area contributed by atoms with Crippen molar-refractivity contribution in [2.45, 2.75) is 70.6 Å². The van der Waals surface area contributed by atoms with Crippen LogP contribution in [0.1, 0.15) is 46.5 Å². The molecule has 0 saturated carbocycles. The van der Waals surface area contributed by atoms with Crippen molar-refractivity contribution in [2.75, 3.05) is 20.1 Å². The highest BCUT2D eigenvalue weighted by molar-refractivity contribution is 5.81. The van der Waals surface area contributed by atoms with E-state index in [1.165, 1.54) is 19.3 Å². The van der Waals surface area contributed by atoms with Crippen molar-refractivity contribution in [1.82, 2.24) is 15.1 Å². The molecule has 2 aliphatic rings. The fraction of sp³-hybridized carbons (Fsp3) is 0.933. The molecule has 0 bridgehead atoms. The number of likely N-dealkylation sites (N-methyl/N-ethyl adjacent to an activating group) is 1. The summed E-state index contributed by atoms with van der Waals surface area (Å²) in [5.41, 5.74) is 0. The Morgan fingerprint density at radius 1 is 1.21 bits per heavy atom. The minimum Gasteiger partial charge on any atom is -0.340 e. The molecular weight excluding hydrogens is 238 g/mol. The van der Waals surface area contributed by atoms with Crippen LogP contribution in [0.25, 0.3) is 0 Å². The summed E-state index contributed by atoms with van der Waals surface area (Å²) in [5, 5.41) is 3.31. The molecule has 0 aromatic heterocycles. The third-order valence-electron chi connectivity index (χ3n) is 4.97. The highest BCUT2D eigenvalue weighted by Gasteiger charge is 2.36. The van der Waals surface area contributed by atoms with Crippen LogP contribution in [0.3, 0.4) is 0 Å². The topological polar surface area (TPSA) is 35.6 Å². The molecule has 4 unspecified atom stereocenters. The van der Waals surface area contributed by atoms with Gasteiger partial charge >= 0.3 is 0 Å². The number of carbonyl (C=O) groups excluding carboxylic acids is 1. The van der Waals surface area contributed by atoms with Crippen LogP contribution in [0, 0.1) is 0 Å². The molecule has 2 saturated heterocycles. The maximum absolute atomic E-state index is 12.7. The molecule has 2 fully saturated rings. The lowest BCUT2D eigenvalue weighted by atomic mass is 10.0. The van der Waals surface area contributed by atoms with E-state index in [1.807, 2.05) is 7.05 Å². The van der Waals surface area contributed by atoms with Crippen molar-refractivity contribution in [3.8, 4) is 0 Å². The molecule has 110 valence electrons. The molecule has 0 aliphatic carbocycles. The van der Waals surface area contributed by atoms with Gasteiger partial charge in [0.2, 0.25) is 5.91 Å². The van der Waals surface area contributed by atoms with E-state index in [2.05, 4.69) is 35.9 Å². The first-order chi connectivity index (χ1) is 9.04. The monoisotopic (exact) mass is 267 g/mol. The third kappa shape index (κ3) is 3.11. The average molecular weight is 267 g/mol. The fourth-order valence-corrected chi connectivity index (χ4v) is 3.78. The molecule has 1 amide bonds. The lowest BCUT2D eigenvalue weighted by molar-refractivity contribution is -0.138. The summed E-state index contributed by atoms with van der Waals surface area (Å²) in [4.78, 5) is 17.2. The van der Waals surface area contributed by atoms with E-state index in [4.69, 9.17) is 0 Å². The zero-order valence-electron chi connectivity index (χ0n) is 12.9. The van der Waals surface area contributed by atoms with Crippen LogP contribution in [0.2, 0.25) is 0 Å². The summed E-state index contributed by atoms with van der Waals surface area (Å²) in [6, 6.07) is 1.58. The normalized spacial score (nSPS) is 34.5.